The molecule has 0 bridgehead atoms. The summed E-state index contributed by atoms with van der Waals surface area (Å²) >= 11 is 1.46. The molecule has 4 aromatic rings. The summed E-state index contributed by atoms with van der Waals surface area (Å²) < 4.78 is 3.37. The summed E-state index contributed by atoms with van der Waals surface area (Å²) in [6, 6.07) is 15.6. The van der Waals surface area contributed by atoms with Gasteiger partial charge in [-0.3, -0.25) is 13.9 Å². The molecule has 0 radical (unpaired) electrons. The average Bonchev–Trinajstić information content (AvgIpc) is 3.25. The maximum atomic E-state index is 13.1. The van der Waals surface area contributed by atoms with E-state index in [2.05, 4.69) is 16.4 Å². The number of hydrogen-bond acceptors (Lipinski definition) is 4. The van der Waals surface area contributed by atoms with Crippen LogP contribution in [-0.2, 0) is 13.1 Å². The number of aromatic nitrogens is 3. The van der Waals surface area contributed by atoms with Crippen LogP contribution in [-0.4, -0.2) is 26.6 Å². The Kier molecular flexibility index (Phi) is 5.31. The van der Waals surface area contributed by atoms with E-state index in [1.165, 1.54) is 11.3 Å². The maximum absolute atomic E-state index is 13.1. The highest BCUT2D eigenvalue weighted by atomic mass is 32.1. The molecule has 1 aromatic carbocycles. The summed E-state index contributed by atoms with van der Waals surface area (Å²) in [7, 11) is 0. The smallest absolute Gasteiger partial charge is 0.330 e. The number of nitrogens with zero attached hydrogens (tertiary/aromatic N) is 3. The number of fused-ring (bicyclic) bond motifs is 1. The first-order valence-electron chi connectivity index (χ1n) is 9.47. The molecule has 3 aromatic heterocycles. The standard InChI is InChI=1S/C22H22N4O2S/c1-15-5-3-6-17(13-15)14-26-18-7-4-10-23-20(18)25(22(26)28)12-11-24-21(27)19-9-8-16(2)29-19/h3-10,13H,11-12,14H2,1-2H3,(H,24,27). The number of amides is 1. The van der Waals surface area contributed by atoms with Crippen LogP contribution in [0.1, 0.15) is 25.7 Å². The van der Waals surface area contributed by atoms with Gasteiger partial charge < -0.3 is 5.32 Å². The molecule has 7 heteroatoms. The minimum atomic E-state index is -0.124. The summed E-state index contributed by atoms with van der Waals surface area (Å²) in [5, 5.41) is 2.89. The minimum absolute atomic E-state index is 0.118. The number of carbonyl (C=O) groups is 1. The van der Waals surface area contributed by atoms with Gasteiger partial charge in [-0.05, 0) is 43.7 Å². The predicted molar refractivity (Wildman–Crippen MR) is 116 cm³/mol. The number of nitrogens with one attached hydrogen (secondary N) is 1. The molecular formula is C22H22N4O2S. The van der Waals surface area contributed by atoms with Crippen molar-refractivity contribution in [1.82, 2.24) is 19.4 Å². The van der Waals surface area contributed by atoms with Crippen molar-refractivity contribution in [3.05, 3.63) is 86.1 Å². The lowest BCUT2D eigenvalue weighted by Crippen LogP contribution is -2.31. The number of benzene rings is 1. The van der Waals surface area contributed by atoms with Gasteiger partial charge in [-0.1, -0.05) is 29.8 Å². The molecule has 0 fully saturated rings. The molecule has 148 valence electrons. The Balaban J connectivity index is 1.57. The highest BCUT2D eigenvalue weighted by molar-refractivity contribution is 7.13. The highest BCUT2D eigenvalue weighted by Gasteiger charge is 2.15. The third-order valence-electron chi connectivity index (χ3n) is 4.78. The van der Waals surface area contributed by atoms with E-state index < -0.39 is 0 Å². The lowest BCUT2D eigenvalue weighted by Gasteiger charge is -2.05. The molecule has 3 heterocycles. The van der Waals surface area contributed by atoms with E-state index >= 15 is 0 Å². The van der Waals surface area contributed by atoms with Crippen molar-refractivity contribution in [2.75, 3.05) is 6.54 Å². The van der Waals surface area contributed by atoms with Crippen LogP contribution < -0.4 is 11.0 Å². The number of aryl methyl sites for hydroxylation is 2. The average molecular weight is 407 g/mol. The first-order valence-corrected chi connectivity index (χ1v) is 10.3. The fourth-order valence-electron chi connectivity index (χ4n) is 3.42. The van der Waals surface area contributed by atoms with Crippen molar-refractivity contribution in [2.45, 2.75) is 26.9 Å². The number of thiophene rings is 1. The molecule has 1 N–H and O–H groups in total. The van der Waals surface area contributed by atoms with Gasteiger partial charge in [0.05, 0.1) is 16.9 Å². The number of pyridine rings is 1. The second-order valence-corrected chi connectivity index (χ2v) is 8.31. The van der Waals surface area contributed by atoms with Crippen molar-refractivity contribution in [3.8, 4) is 0 Å². The number of rotatable bonds is 6. The maximum Gasteiger partial charge on any atom is 0.330 e. The Morgan fingerprint density at radius 1 is 1.10 bits per heavy atom. The number of hydrogen-bond donors (Lipinski definition) is 1. The van der Waals surface area contributed by atoms with E-state index in [1.54, 1.807) is 15.3 Å². The van der Waals surface area contributed by atoms with Gasteiger partial charge in [-0.25, -0.2) is 9.78 Å². The van der Waals surface area contributed by atoms with Crippen LogP contribution in [0.3, 0.4) is 0 Å². The molecule has 0 atom stereocenters. The molecule has 0 aliphatic rings. The molecule has 6 nitrogen and oxygen atoms in total. The van der Waals surface area contributed by atoms with E-state index in [9.17, 15) is 9.59 Å². The van der Waals surface area contributed by atoms with Crippen molar-refractivity contribution in [3.63, 3.8) is 0 Å². The molecule has 0 spiro atoms. The lowest BCUT2D eigenvalue weighted by atomic mass is 10.1. The van der Waals surface area contributed by atoms with Crippen LogP contribution in [0.2, 0.25) is 0 Å². The van der Waals surface area contributed by atoms with Crippen LogP contribution in [0.5, 0.6) is 0 Å². The van der Waals surface area contributed by atoms with Gasteiger partial charge in [-0.15, -0.1) is 11.3 Å². The van der Waals surface area contributed by atoms with E-state index in [0.717, 1.165) is 21.5 Å². The molecule has 0 saturated heterocycles. The lowest BCUT2D eigenvalue weighted by molar-refractivity contribution is 0.0956. The molecule has 29 heavy (non-hydrogen) atoms. The Morgan fingerprint density at radius 3 is 2.72 bits per heavy atom. The van der Waals surface area contributed by atoms with Crippen LogP contribution in [0, 0.1) is 13.8 Å². The van der Waals surface area contributed by atoms with Crippen molar-refractivity contribution in [1.29, 1.82) is 0 Å². The van der Waals surface area contributed by atoms with Crippen molar-refractivity contribution >= 4 is 28.4 Å². The van der Waals surface area contributed by atoms with Crippen molar-refractivity contribution in [2.24, 2.45) is 0 Å². The first kappa shape index (κ1) is 19.1. The van der Waals surface area contributed by atoms with Gasteiger partial charge in [0.15, 0.2) is 5.65 Å². The summed E-state index contributed by atoms with van der Waals surface area (Å²) in [6.45, 7) is 5.21. The number of carbonyl (C=O) groups excluding carboxylic acids is 1. The van der Waals surface area contributed by atoms with E-state index in [0.29, 0.717) is 30.2 Å². The van der Waals surface area contributed by atoms with Crippen LogP contribution in [0.25, 0.3) is 11.2 Å². The van der Waals surface area contributed by atoms with E-state index in [1.807, 2.05) is 56.3 Å². The molecule has 0 saturated carbocycles. The third-order valence-corrected chi connectivity index (χ3v) is 5.78. The molecular weight excluding hydrogens is 384 g/mol. The zero-order valence-corrected chi connectivity index (χ0v) is 17.2. The fraction of sp³-hybridized carbons (Fsp3) is 0.227. The van der Waals surface area contributed by atoms with Gasteiger partial charge in [0.2, 0.25) is 0 Å². The van der Waals surface area contributed by atoms with Gasteiger partial charge in [0.25, 0.3) is 5.91 Å². The molecule has 0 unspecified atom stereocenters. The van der Waals surface area contributed by atoms with E-state index in [-0.39, 0.29) is 11.6 Å². The van der Waals surface area contributed by atoms with E-state index in [4.69, 9.17) is 0 Å². The Bertz CT molecular complexity index is 1240. The quantitative estimate of drug-likeness (QED) is 0.534. The third kappa shape index (κ3) is 4.00. The normalized spacial score (nSPS) is 11.1. The van der Waals surface area contributed by atoms with Gasteiger partial charge in [0, 0.05) is 24.2 Å². The molecule has 4 rings (SSSR count). The second kappa shape index (κ2) is 8.05. The van der Waals surface area contributed by atoms with Gasteiger partial charge in [0.1, 0.15) is 0 Å². The van der Waals surface area contributed by atoms with Gasteiger partial charge in [-0.2, -0.15) is 0 Å². The predicted octanol–water partition coefficient (Wildman–Crippen LogP) is 3.35. The molecule has 1 amide bonds. The number of imidazole rings is 1. The summed E-state index contributed by atoms with van der Waals surface area (Å²) in [4.78, 5) is 31.5. The summed E-state index contributed by atoms with van der Waals surface area (Å²) in [6.07, 6.45) is 1.68. The zero-order valence-electron chi connectivity index (χ0n) is 16.4. The highest BCUT2D eigenvalue weighted by Crippen LogP contribution is 2.15. The van der Waals surface area contributed by atoms with Gasteiger partial charge >= 0.3 is 5.69 Å². The fourth-order valence-corrected chi connectivity index (χ4v) is 4.20. The Hall–Kier alpha value is -3.19. The van der Waals surface area contributed by atoms with Crippen LogP contribution >= 0.6 is 11.3 Å². The van der Waals surface area contributed by atoms with Crippen molar-refractivity contribution < 1.29 is 4.79 Å². The van der Waals surface area contributed by atoms with Crippen LogP contribution in [0.4, 0.5) is 0 Å². The Morgan fingerprint density at radius 2 is 1.97 bits per heavy atom. The minimum Gasteiger partial charge on any atom is -0.350 e. The molecule has 0 aliphatic heterocycles. The second-order valence-electron chi connectivity index (χ2n) is 7.02. The largest absolute Gasteiger partial charge is 0.350 e. The summed E-state index contributed by atoms with van der Waals surface area (Å²) in [5.74, 6) is -0.118. The first-order chi connectivity index (χ1) is 14.0. The zero-order chi connectivity index (χ0) is 20.4. The molecule has 0 aliphatic carbocycles. The SMILES string of the molecule is Cc1cccc(Cn2c(=O)n(CCNC(=O)c3ccc(C)s3)c3ncccc32)c1. The Labute approximate surface area is 172 Å². The summed E-state index contributed by atoms with van der Waals surface area (Å²) in [5.41, 5.74) is 3.52. The topological polar surface area (TPSA) is 68.9 Å². The van der Waals surface area contributed by atoms with Crippen LogP contribution in [0.15, 0.2) is 59.5 Å². The monoisotopic (exact) mass is 406 g/mol.